The highest BCUT2D eigenvalue weighted by molar-refractivity contribution is 14.1. The van der Waals surface area contributed by atoms with Crippen molar-refractivity contribution in [3.63, 3.8) is 0 Å². The van der Waals surface area contributed by atoms with Gasteiger partial charge in [-0.25, -0.2) is 8.42 Å². The molecule has 0 bridgehead atoms. The molecule has 1 aliphatic heterocycles. The summed E-state index contributed by atoms with van der Waals surface area (Å²) in [6.07, 6.45) is 0. The first kappa shape index (κ1) is 22.9. The van der Waals surface area contributed by atoms with Crippen molar-refractivity contribution in [3.05, 3.63) is 125 Å². The van der Waals surface area contributed by atoms with Crippen LogP contribution in [0.15, 0.2) is 102 Å². The van der Waals surface area contributed by atoms with Crippen LogP contribution in [0.4, 0.5) is 0 Å². The number of halogens is 1. The number of hydrogen-bond donors (Lipinski definition) is 0. The van der Waals surface area contributed by atoms with Gasteiger partial charge in [-0.2, -0.15) is 0 Å². The predicted molar refractivity (Wildman–Crippen MR) is 148 cm³/mol. The Kier molecular flexibility index (Phi) is 6.08. The van der Waals surface area contributed by atoms with Crippen molar-refractivity contribution in [3.8, 4) is 11.1 Å². The van der Waals surface area contributed by atoms with E-state index < -0.39 is 10.0 Å². The minimum Gasteiger partial charge on any atom is -0.260 e. The van der Waals surface area contributed by atoms with Crippen molar-refractivity contribution in [2.45, 2.75) is 25.3 Å². The van der Waals surface area contributed by atoms with Gasteiger partial charge in [0, 0.05) is 3.58 Å². The van der Waals surface area contributed by atoms with Crippen molar-refractivity contribution in [1.82, 2.24) is 4.31 Å². The molecule has 0 radical (unpaired) electrons. The molecule has 5 heteroatoms. The third-order valence-corrected chi connectivity index (χ3v) is 9.03. The van der Waals surface area contributed by atoms with Crippen LogP contribution in [0.25, 0.3) is 20.4 Å². The molecule has 0 unspecified atom stereocenters. The Morgan fingerprint density at radius 3 is 1.85 bits per heavy atom. The number of hydrogen-bond acceptors (Lipinski definition) is 2. The second kappa shape index (κ2) is 9.04. The summed E-state index contributed by atoms with van der Waals surface area (Å²) in [4.78, 5) is 0.290. The smallest absolute Gasteiger partial charge is 0.260 e. The van der Waals surface area contributed by atoms with E-state index in [2.05, 4.69) is 40.8 Å². The van der Waals surface area contributed by atoms with Crippen LogP contribution < -0.4 is 0 Å². The molecule has 1 aliphatic rings. The molecular formula is C29H24INO2S. The Labute approximate surface area is 215 Å². The summed E-state index contributed by atoms with van der Waals surface area (Å²) >= 11 is 2.32. The summed E-state index contributed by atoms with van der Waals surface area (Å²) in [7, 11) is -3.83. The zero-order chi connectivity index (χ0) is 23.9. The predicted octanol–water partition coefficient (Wildman–Crippen LogP) is 7.44. The van der Waals surface area contributed by atoms with Gasteiger partial charge in [-0.05, 0) is 76.4 Å². The average molecular weight is 577 g/mol. The number of sulfonamides is 1. The van der Waals surface area contributed by atoms with Crippen molar-refractivity contribution in [1.29, 1.82) is 0 Å². The van der Waals surface area contributed by atoms with Crippen molar-refractivity contribution in [2.24, 2.45) is 0 Å². The topological polar surface area (TPSA) is 37.4 Å². The average Bonchev–Trinajstić information content (AvgIpc) is 2.84. The molecular weight excluding hydrogens is 553 g/mol. The van der Waals surface area contributed by atoms with E-state index in [9.17, 15) is 8.42 Å². The molecule has 3 nitrogen and oxygen atoms in total. The van der Waals surface area contributed by atoms with E-state index in [-0.39, 0.29) is 6.54 Å². The first-order chi connectivity index (χ1) is 16.4. The monoisotopic (exact) mass is 577 g/mol. The van der Waals surface area contributed by atoms with E-state index in [0.717, 1.165) is 42.5 Å². The molecule has 0 N–H and O–H groups in total. The van der Waals surface area contributed by atoms with Crippen molar-refractivity contribution in [2.75, 3.05) is 0 Å². The number of fused-ring (bicyclic) bond motifs is 3. The molecule has 0 amide bonds. The Hall–Kier alpha value is -2.90. The van der Waals surface area contributed by atoms with E-state index >= 15 is 0 Å². The molecule has 0 aromatic heterocycles. The fraction of sp³-hybridized carbons (Fsp3) is 0.103. The van der Waals surface area contributed by atoms with Crippen LogP contribution in [0.3, 0.4) is 0 Å². The maximum atomic E-state index is 14.2. The van der Waals surface area contributed by atoms with Gasteiger partial charge in [-0.15, -0.1) is 0 Å². The van der Waals surface area contributed by atoms with Gasteiger partial charge in [0.1, 0.15) is 0 Å². The van der Waals surface area contributed by atoms with Gasteiger partial charge in [-0.3, -0.25) is 4.31 Å². The van der Waals surface area contributed by atoms with E-state index in [1.807, 2.05) is 80.6 Å². The Morgan fingerprint density at radius 2 is 1.21 bits per heavy atom. The van der Waals surface area contributed by atoms with Crippen molar-refractivity contribution >= 4 is 41.9 Å². The largest absolute Gasteiger partial charge is 0.264 e. The molecule has 0 atom stereocenters. The Morgan fingerprint density at radius 1 is 0.676 bits per heavy atom. The van der Waals surface area contributed by atoms with Gasteiger partial charge in [0.25, 0.3) is 10.0 Å². The summed E-state index contributed by atoms with van der Waals surface area (Å²) in [5, 5.41) is 0. The summed E-state index contributed by atoms with van der Waals surface area (Å²) in [6, 6.07) is 31.5. The van der Waals surface area contributed by atoms with Gasteiger partial charge in [0.15, 0.2) is 0 Å². The highest BCUT2D eigenvalue weighted by Crippen LogP contribution is 2.44. The van der Waals surface area contributed by atoms with Gasteiger partial charge in [0.05, 0.1) is 17.1 Å². The molecule has 170 valence electrons. The number of benzene rings is 4. The Balaban J connectivity index is 1.85. The SMILES string of the molecule is Cc1ccc(/C2=C(\I)c3ccccc3-c3ccccc3CN2S(=O)(=O)c2ccc(C)cc2)cc1. The van der Waals surface area contributed by atoms with E-state index in [1.165, 1.54) is 0 Å². The molecule has 0 fully saturated rings. The van der Waals surface area contributed by atoms with Crippen LogP contribution in [-0.4, -0.2) is 12.7 Å². The van der Waals surface area contributed by atoms with Crippen molar-refractivity contribution < 1.29 is 8.42 Å². The van der Waals surface area contributed by atoms with E-state index in [4.69, 9.17) is 0 Å². The normalized spacial score (nSPS) is 15.8. The standard InChI is InChI=1S/C29H24INO2S/c1-20-11-15-22(16-12-20)29-28(30)27-10-6-5-9-26(27)25-8-4-3-7-23(25)19-31(29)34(32,33)24-17-13-21(2)14-18-24/h3-18H,19H2,1-2H3/b29-28+. The molecule has 1 heterocycles. The lowest BCUT2D eigenvalue weighted by Gasteiger charge is -2.32. The van der Waals surface area contributed by atoms with Crippen LogP contribution in [0.2, 0.25) is 0 Å². The van der Waals surface area contributed by atoms with E-state index in [0.29, 0.717) is 10.6 Å². The van der Waals surface area contributed by atoms with Crippen LogP contribution in [0, 0.1) is 13.8 Å². The third kappa shape index (κ3) is 4.07. The van der Waals surface area contributed by atoms with Gasteiger partial charge in [0.2, 0.25) is 0 Å². The zero-order valence-corrected chi connectivity index (χ0v) is 22.0. The van der Waals surface area contributed by atoms with Crippen LogP contribution in [0.1, 0.15) is 27.8 Å². The van der Waals surface area contributed by atoms with Gasteiger partial charge < -0.3 is 0 Å². The number of rotatable bonds is 3. The molecule has 0 spiro atoms. The second-order valence-electron chi connectivity index (χ2n) is 8.56. The molecule has 34 heavy (non-hydrogen) atoms. The number of nitrogens with zero attached hydrogens (tertiary/aromatic N) is 1. The van der Waals surface area contributed by atoms with Crippen LogP contribution in [-0.2, 0) is 16.6 Å². The number of aryl methyl sites for hydroxylation is 2. The third-order valence-electron chi connectivity index (χ3n) is 6.18. The first-order valence-corrected chi connectivity index (χ1v) is 13.6. The molecule has 4 aromatic carbocycles. The maximum absolute atomic E-state index is 14.2. The van der Waals surface area contributed by atoms with Gasteiger partial charge in [-0.1, -0.05) is 96.1 Å². The minimum atomic E-state index is -3.83. The lowest BCUT2D eigenvalue weighted by atomic mass is 9.92. The first-order valence-electron chi connectivity index (χ1n) is 11.1. The summed E-state index contributed by atoms with van der Waals surface area (Å²) in [5.74, 6) is 0. The highest BCUT2D eigenvalue weighted by atomic mass is 127. The maximum Gasteiger partial charge on any atom is 0.264 e. The summed E-state index contributed by atoms with van der Waals surface area (Å²) in [6.45, 7) is 4.24. The minimum absolute atomic E-state index is 0.246. The summed E-state index contributed by atoms with van der Waals surface area (Å²) in [5.41, 5.74) is 7.88. The van der Waals surface area contributed by atoms with Gasteiger partial charge >= 0.3 is 0 Å². The van der Waals surface area contributed by atoms with Crippen LogP contribution >= 0.6 is 22.6 Å². The molecule has 4 aromatic rings. The molecule has 0 saturated carbocycles. The zero-order valence-electron chi connectivity index (χ0n) is 19.0. The summed E-state index contributed by atoms with van der Waals surface area (Å²) < 4.78 is 30.8. The lowest BCUT2D eigenvalue weighted by molar-refractivity contribution is 0.508. The fourth-order valence-electron chi connectivity index (χ4n) is 4.33. The highest BCUT2D eigenvalue weighted by Gasteiger charge is 2.32. The van der Waals surface area contributed by atoms with Crippen LogP contribution in [0.5, 0.6) is 0 Å². The quantitative estimate of drug-likeness (QED) is 0.238. The molecule has 0 saturated heterocycles. The molecule has 0 aliphatic carbocycles. The second-order valence-corrected chi connectivity index (χ2v) is 11.5. The fourth-order valence-corrected chi connectivity index (χ4v) is 7.04. The lowest BCUT2D eigenvalue weighted by Crippen LogP contribution is -2.30. The van der Waals surface area contributed by atoms with E-state index in [1.54, 1.807) is 16.4 Å². The Bertz CT molecular complexity index is 1500. The molecule has 5 rings (SSSR count).